The molecule has 0 spiro atoms. The number of aromatic carboxylic acids is 1. The number of rotatable bonds is 6. The van der Waals surface area contributed by atoms with Gasteiger partial charge in [0.1, 0.15) is 5.56 Å². The molecule has 7 heteroatoms. The standard InChI is InChI=1S/C28H36N4O3/c1-5-17-13-22(28(34)35)27(33)29-26(17)18-9-10-24-20(11-18)12-21(31(24)4)15-32-14-19-7-6-8-25(30(2)3)23(19)16-32/h9-13,19,23,25H,5-8,14-16H2,1-4H3,(H,29,33)(H,34,35)/t19-,23+,25-/m1/s1. The van der Waals surface area contributed by atoms with Crippen LogP contribution in [-0.4, -0.2) is 63.7 Å². The van der Waals surface area contributed by atoms with Crippen LogP contribution in [0.2, 0.25) is 0 Å². The maximum Gasteiger partial charge on any atom is 0.341 e. The van der Waals surface area contributed by atoms with E-state index in [0.29, 0.717) is 18.2 Å². The van der Waals surface area contributed by atoms with Crippen LogP contribution in [0.5, 0.6) is 0 Å². The van der Waals surface area contributed by atoms with Crippen LogP contribution < -0.4 is 5.56 Å². The maximum absolute atomic E-state index is 12.4. The lowest BCUT2D eigenvalue weighted by Crippen LogP contribution is -2.41. The molecule has 3 aromatic rings. The molecule has 2 aromatic heterocycles. The molecule has 3 atom stereocenters. The van der Waals surface area contributed by atoms with Gasteiger partial charge in [-0.3, -0.25) is 9.69 Å². The number of fused-ring (bicyclic) bond motifs is 2. The average Bonchev–Trinajstić information content (AvgIpc) is 3.38. The maximum atomic E-state index is 12.4. The van der Waals surface area contributed by atoms with Crippen LogP contribution in [0.15, 0.2) is 35.1 Å². The van der Waals surface area contributed by atoms with E-state index in [2.05, 4.69) is 58.7 Å². The highest BCUT2D eigenvalue weighted by atomic mass is 16.4. The van der Waals surface area contributed by atoms with Gasteiger partial charge in [0.25, 0.3) is 5.56 Å². The zero-order valence-corrected chi connectivity index (χ0v) is 21.2. The number of H-pyrrole nitrogens is 1. The van der Waals surface area contributed by atoms with E-state index in [9.17, 15) is 14.7 Å². The Morgan fingerprint density at radius 2 is 1.97 bits per heavy atom. The van der Waals surface area contributed by atoms with E-state index in [1.807, 2.05) is 13.0 Å². The molecule has 7 nitrogen and oxygen atoms in total. The Morgan fingerprint density at radius 3 is 2.69 bits per heavy atom. The summed E-state index contributed by atoms with van der Waals surface area (Å²) in [5.41, 5.74) is 4.11. The number of aromatic nitrogens is 2. The Balaban J connectivity index is 1.43. The molecule has 0 amide bonds. The minimum atomic E-state index is -1.20. The van der Waals surface area contributed by atoms with Crippen molar-refractivity contribution in [2.24, 2.45) is 18.9 Å². The van der Waals surface area contributed by atoms with Gasteiger partial charge in [-0.05, 0) is 80.6 Å². The molecule has 1 aromatic carbocycles. The molecule has 1 saturated heterocycles. The first kappa shape index (κ1) is 23.8. The number of likely N-dealkylation sites (tertiary alicyclic amines) is 1. The molecule has 0 unspecified atom stereocenters. The summed E-state index contributed by atoms with van der Waals surface area (Å²) in [5.74, 6) is 0.364. The number of carboxylic acids is 1. The molecular weight excluding hydrogens is 440 g/mol. The van der Waals surface area contributed by atoms with Crippen LogP contribution in [0, 0.1) is 11.8 Å². The number of pyridine rings is 1. The van der Waals surface area contributed by atoms with Gasteiger partial charge in [0, 0.05) is 49.3 Å². The molecule has 2 aliphatic rings. The first-order chi connectivity index (χ1) is 16.8. The van der Waals surface area contributed by atoms with Gasteiger partial charge in [-0.15, -0.1) is 0 Å². The molecule has 2 fully saturated rings. The lowest BCUT2D eigenvalue weighted by molar-refractivity contribution is 0.0695. The summed E-state index contributed by atoms with van der Waals surface area (Å²) in [6.07, 6.45) is 4.64. The lowest BCUT2D eigenvalue weighted by atomic mass is 9.77. The molecule has 1 saturated carbocycles. The number of hydrogen-bond acceptors (Lipinski definition) is 4. The van der Waals surface area contributed by atoms with Crippen LogP contribution in [0.4, 0.5) is 0 Å². The second kappa shape index (κ2) is 9.28. The van der Waals surface area contributed by atoms with Crippen molar-refractivity contribution in [2.45, 2.75) is 45.2 Å². The van der Waals surface area contributed by atoms with Crippen LogP contribution in [0.25, 0.3) is 22.2 Å². The predicted octanol–water partition coefficient (Wildman–Crippen LogP) is 3.96. The van der Waals surface area contributed by atoms with Crippen molar-refractivity contribution in [1.29, 1.82) is 0 Å². The molecular formula is C28H36N4O3. The molecule has 0 bridgehead atoms. The highest BCUT2D eigenvalue weighted by molar-refractivity contribution is 5.89. The number of carbonyl (C=O) groups is 1. The van der Waals surface area contributed by atoms with E-state index < -0.39 is 11.5 Å². The Bertz CT molecular complexity index is 1320. The first-order valence-corrected chi connectivity index (χ1v) is 12.7. The number of benzene rings is 1. The third-order valence-electron chi connectivity index (χ3n) is 8.35. The Hall–Kier alpha value is -2.90. The monoisotopic (exact) mass is 476 g/mol. The number of nitrogens with one attached hydrogen (secondary N) is 1. The molecule has 3 heterocycles. The second-order valence-corrected chi connectivity index (χ2v) is 10.6. The van der Waals surface area contributed by atoms with E-state index in [4.69, 9.17) is 0 Å². The molecule has 35 heavy (non-hydrogen) atoms. The van der Waals surface area contributed by atoms with Crippen LogP contribution in [0.1, 0.15) is 47.8 Å². The van der Waals surface area contributed by atoms with E-state index in [1.54, 1.807) is 0 Å². The van der Waals surface area contributed by atoms with E-state index in [-0.39, 0.29) is 5.56 Å². The molecule has 1 aliphatic carbocycles. The summed E-state index contributed by atoms with van der Waals surface area (Å²) in [6.45, 7) is 5.25. The van der Waals surface area contributed by atoms with Crippen molar-refractivity contribution in [1.82, 2.24) is 19.4 Å². The summed E-state index contributed by atoms with van der Waals surface area (Å²) in [5, 5.41) is 10.5. The summed E-state index contributed by atoms with van der Waals surface area (Å²) < 4.78 is 2.28. The zero-order valence-electron chi connectivity index (χ0n) is 21.2. The molecule has 1 aliphatic heterocycles. The van der Waals surface area contributed by atoms with Crippen molar-refractivity contribution in [3.63, 3.8) is 0 Å². The minimum absolute atomic E-state index is 0.212. The average molecular weight is 477 g/mol. The van der Waals surface area contributed by atoms with Crippen LogP contribution in [-0.2, 0) is 20.0 Å². The third kappa shape index (κ3) is 4.32. The van der Waals surface area contributed by atoms with Crippen molar-refractivity contribution in [3.05, 3.63) is 57.5 Å². The van der Waals surface area contributed by atoms with Crippen molar-refractivity contribution >= 4 is 16.9 Å². The van der Waals surface area contributed by atoms with Crippen LogP contribution >= 0.6 is 0 Å². The first-order valence-electron chi connectivity index (χ1n) is 12.7. The van der Waals surface area contributed by atoms with Gasteiger partial charge in [-0.25, -0.2) is 4.79 Å². The van der Waals surface area contributed by atoms with Gasteiger partial charge >= 0.3 is 5.97 Å². The van der Waals surface area contributed by atoms with E-state index in [0.717, 1.165) is 47.0 Å². The number of nitrogens with zero attached hydrogens (tertiary/aromatic N) is 3. The molecule has 5 rings (SSSR count). The number of carboxylic acid groups (broad SMARTS) is 1. The highest BCUT2D eigenvalue weighted by Crippen LogP contribution is 2.39. The van der Waals surface area contributed by atoms with E-state index in [1.165, 1.54) is 37.6 Å². The predicted molar refractivity (Wildman–Crippen MR) is 139 cm³/mol. The topological polar surface area (TPSA) is 81.6 Å². The van der Waals surface area contributed by atoms with Gasteiger partial charge in [-0.2, -0.15) is 0 Å². The summed E-state index contributed by atoms with van der Waals surface area (Å²) in [4.78, 5) is 31.6. The minimum Gasteiger partial charge on any atom is -0.477 e. The lowest BCUT2D eigenvalue weighted by Gasteiger charge is -2.37. The van der Waals surface area contributed by atoms with Gasteiger partial charge in [-0.1, -0.05) is 19.4 Å². The molecule has 186 valence electrons. The second-order valence-electron chi connectivity index (χ2n) is 10.6. The summed E-state index contributed by atoms with van der Waals surface area (Å²) >= 11 is 0. The van der Waals surface area contributed by atoms with Gasteiger partial charge in [0.2, 0.25) is 0 Å². The Labute approximate surface area is 206 Å². The largest absolute Gasteiger partial charge is 0.477 e. The van der Waals surface area contributed by atoms with Crippen molar-refractivity contribution in [2.75, 3.05) is 27.2 Å². The van der Waals surface area contributed by atoms with Gasteiger partial charge in [0.05, 0.1) is 5.69 Å². The van der Waals surface area contributed by atoms with E-state index >= 15 is 0 Å². The quantitative estimate of drug-likeness (QED) is 0.563. The molecule has 0 radical (unpaired) electrons. The highest BCUT2D eigenvalue weighted by Gasteiger charge is 2.41. The third-order valence-corrected chi connectivity index (χ3v) is 8.35. The number of hydrogen-bond donors (Lipinski definition) is 2. The smallest absolute Gasteiger partial charge is 0.341 e. The summed E-state index contributed by atoms with van der Waals surface area (Å²) in [7, 11) is 6.58. The fourth-order valence-corrected chi connectivity index (χ4v) is 6.51. The number of aryl methyl sites for hydroxylation is 2. The Morgan fingerprint density at radius 1 is 1.17 bits per heavy atom. The fraction of sp³-hybridized carbons (Fsp3) is 0.500. The van der Waals surface area contributed by atoms with Crippen molar-refractivity contribution < 1.29 is 9.90 Å². The fourth-order valence-electron chi connectivity index (χ4n) is 6.51. The Kier molecular flexibility index (Phi) is 6.32. The molecule has 2 N–H and O–H groups in total. The summed E-state index contributed by atoms with van der Waals surface area (Å²) in [6, 6.07) is 10.7. The number of aromatic amines is 1. The van der Waals surface area contributed by atoms with Crippen LogP contribution in [0.3, 0.4) is 0 Å². The van der Waals surface area contributed by atoms with Gasteiger partial charge in [0.15, 0.2) is 0 Å². The SMILES string of the molecule is CCc1cc(C(=O)O)c(=O)[nH]c1-c1ccc2c(c1)cc(CN1C[C@H]3CCC[C@@H](N(C)C)[C@H]3C1)n2C. The van der Waals surface area contributed by atoms with Crippen molar-refractivity contribution in [3.8, 4) is 11.3 Å². The van der Waals surface area contributed by atoms with Gasteiger partial charge < -0.3 is 19.6 Å². The normalized spacial score (nSPS) is 22.7. The zero-order chi connectivity index (χ0) is 24.9.